The molecule has 1 fully saturated rings. The lowest BCUT2D eigenvalue weighted by Gasteiger charge is -2.52. The quantitative estimate of drug-likeness (QED) is 0.183. The Balaban J connectivity index is 1.37. The maximum Gasteiger partial charge on any atom is 0.239 e. The number of aliphatic imine (C=N–C) groups is 1. The number of rotatable bonds is 4. The largest absolute Gasteiger partial charge is 0.378 e. The van der Waals surface area contributed by atoms with Crippen molar-refractivity contribution >= 4 is 45.9 Å². The molecule has 2 atom stereocenters. The molecule has 2 bridgehead atoms. The van der Waals surface area contributed by atoms with Crippen LogP contribution in [0.2, 0.25) is 0 Å². The van der Waals surface area contributed by atoms with Crippen molar-refractivity contribution in [2.75, 3.05) is 23.9 Å². The fourth-order valence-corrected chi connectivity index (χ4v) is 7.70. The smallest absolute Gasteiger partial charge is 0.239 e. The van der Waals surface area contributed by atoms with Gasteiger partial charge in [-0.15, -0.1) is 0 Å². The molecule has 3 aliphatic carbocycles. The van der Waals surface area contributed by atoms with Crippen molar-refractivity contribution in [3.63, 3.8) is 0 Å². The lowest BCUT2D eigenvalue weighted by molar-refractivity contribution is -0.122. The molecule has 5 aromatic carbocycles. The number of imide groups is 1. The highest BCUT2D eigenvalue weighted by molar-refractivity contribution is 6.27. The second kappa shape index (κ2) is 8.98. The van der Waals surface area contributed by atoms with E-state index in [9.17, 15) is 9.59 Å². The summed E-state index contributed by atoms with van der Waals surface area (Å²) in [6, 6.07) is 38.5. The van der Waals surface area contributed by atoms with Crippen molar-refractivity contribution < 1.29 is 9.59 Å². The molecule has 1 aliphatic heterocycles. The van der Waals surface area contributed by atoms with E-state index in [0.717, 1.165) is 44.4 Å². The molecule has 1 heterocycles. The van der Waals surface area contributed by atoms with Gasteiger partial charge in [-0.05, 0) is 58.0 Å². The lowest BCUT2D eigenvalue weighted by atomic mass is 9.47. The van der Waals surface area contributed by atoms with E-state index in [4.69, 9.17) is 4.99 Å². The summed E-state index contributed by atoms with van der Waals surface area (Å²) in [4.78, 5) is 37.9. The van der Waals surface area contributed by atoms with Crippen molar-refractivity contribution in [2.24, 2.45) is 16.8 Å². The number of carbonyl (C=O) groups excluding carboxylic acids is 2. The molecular weight excluding hydrogens is 518 g/mol. The molecule has 1 saturated heterocycles. The Morgan fingerprint density at radius 1 is 0.714 bits per heavy atom. The van der Waals surface area contributed by atoms with Crippen LogP contribution < -0.4 is 9.80 Å². The Kier molecular flexibility index (Phi) is 5.29. The second-order valence-corrected chi connectivity index (χ2v) is 11.7. The van der Waals surface area contributed by atoms with Gasteiger partial charge in [0.2, 0.25) is 11.8 Å². The number of hydrogen-bond donors (Lipinski definition) is 0. The molecule has 2 amide bonds. The van der Waals surface area contributed by atoms with Gasteiger partial charge in [-0.2, -0.15) is 0 Å². The lowest BCUT2D eigenvalue weighted by Crippen LogP contribution is -2.54. The zero-order valence-electron chi connectivity index (χ0n) is 23.4. The third-order valence-electron chi connectivity index (χ3n) is 9.47. The van der Waals surface area contributed by atoms with Crippen LogP contribution >= 0.6 is 0 Å². The molecule has 0 spiro atoms. The predicted octanol–water partition coefficient (Wildman–Crippen LogP) is 6.86. The van der Waals surface area contributed by atoms with Gasteiger partial charge in [0, 0.05) is 37.3 Å². The van der Waals surface area contributed by atoms with Crippen molar-refractivity contribution in [2.45, 2.75) is 11.3 Å². The highest BCUT2D eigenvalue weighted by Crippen LogP contribution is 2.64. The first-order valence-corrected chi connectivity index (χ1v) is 14.4. The first-order chi connectivity index (χ1) is 20.5. The second-order valence-electron chi connectivity index (χ2n) is 11.7. The highest BCUT2D eigenvalue weighted by Gasteiger charge is 2.68. The Morgan fingerprint density at radius 3 is 2.02 bits per heavy atom. The fourth-order valence-electron chi connectivity index (χ4n) is 7.70. The van der Waals surface area contributed by atoms with Crippen LogP contribution in [0.5, 0.6) is 0 Å². The molecule has 0 unspecified atom stereocenters. The predicted molar refractivity (Wildman–Crippen MR) is 168 cm³/mol. The zero-order valence-corrected chi connectivity index (χ0v) is 23.4. The Labute approximate surface area is 244 Å². The molecule has 204 valence electrons. The molecule has 5 nitrogen and oxygen atoms in total. The van der Waals surface area contributed by atoms with Gasteiger partial charge in [-0.1, -0.05) is 84.9 Å². The number of amides is 2. The Morgan fingerprint density at radius 2 is 1.33 bits per heavy atom. The first kappa shape index (κ1) is 24.7. The normalized spacial score (nSPS) is 23.8. The summed E-state index contributed by atoms with van der Waals surface area (Å²) < 4.78 is 0. The van der Waals surface area contributed by atoms with Crippen LogP contribution in [0.25, 0.3) is 10.8 Å². The van der Waals surface area contributed by atoms with Crippen LogP contribution in [-0.4, -0.2) is 32.1 Å². The van der Waals surface area contributed by atoms with E-state index in [1.165, 1.54) is 4.90 Å². The molecule has 5 aromatic rings. The van der Waals surface area contributed by atoms with Gasteiger partial charge in [0.15, 0.2) is 0 Å². The summed E-state index contributed by atoms with van der Waals surface area (Å²) in [5.41, 5.74) is 5.98. The average Bonchev–Trinajstić information content (AvgIpc) is 3.30. The van der Waals surface area contributed by atoms with E-state index in [2.05, 4.69) is 29.2 Å². The first-order valence-electron chi connectivity index (χ1n) is 14.4. The van der Waals surface area contributed by atoms with Gasteiger partial charge in [-0.25, -0.2) is 4.90 Å². The van der Waals surface area contributed by atoms with Crippen LogP contribution in [0.3, 0.4) is 0 Å². The monoisotopic (exact) mass is 547 g/mol. The van der Waals surface area contributed by atoms with Gasteiger partial charge < -0.3 is 4.90 Å². The number of anilines is 2. The minimum absolute atomic E-state index is 0.136. The highest BCUT2D eigenvalue weighted by atomic mass is 16.2. The van der Waals surface area contributed by atoms with Gasteiger partial charge >= 0.3 is 0 Å². The number of hydrogen-bond acceptors (Lipinski definition) is 4. The SMILES string of the molecule is CN(C)c1ccc(N=CC23c4ccccc4C(c4ccccc42)[C@H]2C(=O)N(c4cccc5ccccc45)C(=O)[C@H]23)cc1. The summed E-state index contributed by atoms with van der Waals surface area (Å²) in [5.74, 6) is -1.63. The Hall–Kier alpha value is -5.03. The number of fused-ring (bicyclic) bond motifs is 1. The number of nitrogens with zero attached hydrogens (tertiary/aromatic N) is 3. The maximum atomic E-state index is 14.8. The molecule has 9 rings (SSSR count). The molecule has 0 aromatic heterocycles. The van der Waals surface area contributed by atoms with E-state index in [-0.39, 0.29) is 17.7 Å². The topological polar surface area (TPSA) is 53.0 Å². The van der Waals surface area contributed by atoms with E-state index >= 15 is 0 Å². The van der Waals surface area contributed by atoms with Crippen LogP contribution in [0.4, 0.5) is 17.1 Å². The third-order valence-corrected chi connectivity index (χ3v) is 9.47. The standard InChI is InChI=1S/C37H29N3O2/c1-39(2)25-20-18-24(19-21-25)38-22-37-29-15-7-5-13-27(29)32(28-14-6-8-16-30(28)37)33-34(37)36(42)40(35(33)41)31-17-9-11-23-10-3-4-12-26(23)31/h3-22,32-34H,1-2H3/t32?,33-,34+,37?/m1/s1. The molecule has 0 N–H and O–H groups in total. The zero-order chi connectivity index (χ0) is 28.6. The third kappa shape index (κ3) is 3.22. The molecule has 0 saturated carbocycles. The van der Waals surface area contributed by atoms with E-state index in [1.807, 2.05) is 111 Å². The molecule has 42 heavy (non-hydrogen) atoms. The van der Waals surface area contributed by atoms with E-state index in [0.29, 0.717) is 5.69 Å². The van der Waals surface area contributed by atoms with Crippen molar-refractivity contribution in [1.29, 1.82) is 0 Å². The average molecular weight is 548 g/mol. The number of carbonyl (C=O) groups is 2. The van der Waals surface area contributed by atoms with Gasteiger partial charge in [0.1, 0.15) is 0 Å². The summed E-state index contributed by atoms with van der Waals surface area (Å²) in [6.45, 7) is 0. The van der Waals surface area contributed by atoms with Gasteiger partial charge in [0.05, 0.1) is 28.6 Å². The molecule has 0 radical (unpaired) electrons. The van der Waals surface area contributed by atoms with Crippen molar-refractivity contribution in [1.82, 2.24) is 0 Å². The summed E-state index contributed by atoms with van der Waals surface area (Å²) in [6.07, 6.45) is 1.96. The maximum absolute atomic E-state index is 14.8. The van der Waals surface area contributed by atoms with Crippen LogP contribution in [-0.2, 0) is 15.0 Å². The summed E-state index contributed by atoms with van der Waals surface area (Å²) in [5, 5.41) is 1.89. The summed E-state index contributed by atoms with van der Waals surface area (Å²) in [7, 11) is 4.02. The van der Waals surface area contributed by atoms with Gasteiger partial charge in [-0.3, -0.25) is 14.6 Å². The Bertz CT molecular complexity index is 1890. The van der Waals surface area contributed by atoms with Crippen molar-refractivity contribution in [3.8, 4) is 0 Å². The molecular formula is C37H29N3O2. The van der Waals surface area contributed by atoms with Crippen LogP contribution in [0, 0.1) is 11.8 Å². The van der Waals surface area contributed by atoms with Crippen LogP contribution in [0.15, 0.2) is 120 Å². The fraction of sp³-hybridized carbons (Fsp3) is 0.162. The minimum atomic E-state index is -0.890. The minimum Gasteiger partial charge on any atom is -0.378 e. The summed E-state index contributed by atoms with van der Waals surface area (Å²) >= 11 is 0. The van der Waals surface area contributed by atoms with E-state index in [1.54, 1.807) is 0 Å². The van der Waals surface area contributed by atoms with E-state index < -0.39 is 17.3 Å². The molecule has 4 aliphatic rings. The molecule has 5 heteroatoms. The van der Waals surface area contributed by atoms with Crippen LogP contribution in [0.1, 0.15) is 28.2 Å². The number of benzene rings is 5. The van der Waals surface area contributed by atoms with Gasteiger partial charge in [0.25, 0.3) is 0 Å². The van der Waals surface area contributed by atoms with Crippen molar-refractivity contribution in [3.05, 3.63) is 138 Å².